The molecule has 4 nitrogen and oxygen atoms in total. The molecule has 0 saturated heterocycles. The third-order valence-electron chi connectivity index (χ3n) is 2.33. The SMILES string of the molecule is Cc1cnn(CCOc2ccc(C#N)cc2)c1. The van der Waals surface area contributed by atoms with Crippen LogP contribution in [0.3, 0.4) is 0 Å². The normalized spacial score (nSPS) is 9.88. The Labute approximate surface area is 100 Å². The van der Waals surface area contributed by atoms with Crippen molar-refractivity contribution in [2.75, 3.05) is 6.61 Å². The van der Waals surface area contributed by atoms with Crippen LogP contribution in [0.15, 0.2) is 36.7 Å². The summed E-state index contributed by atoms with van der Waals surface area (Å²) in [4.78, 5) is 0. The third kappa shape index (κ3) is 3.08. The van der Waals surface area contributed by atoms with E-state index < -0.39 is 0 Å². The zero-order valence-electron chi connectivity index (χ0n) is 9.63. The first-order valence-electron chi connectivity index (χ1n) is 5.40. The maximum absolute atomic E-state index is 8.65. The van der Waals surface area contributed by atoms with Gasteiger partial charge in [0.25, 0.3) is 0 Å². The van der Waals surface area contributed by atoms with Gasteiger partial charge < -0.3 is 4.74 Å². The first-order valence-corrected chi connectivity index (χ1v) is 5.40. The summed E-state index contributed by atoms with van der Waals surface area (Å²) < 4.78 is 7.39. The van der Waals surface area contributed by atoms with Gasteiger partial charge in [0.1, 0.15) is 12.4 Å². The quantitative estimate of drug-likeness (QED) is 0.804. The molecule has 0 aliphatic rings. The summed E-state index contributed by atoms with van der Waals surface area (Å²) in [7, 11) is 0. The third-order valence-corrected chi connectivity index (χ3v) is 2.33. The van der Waals surface area contributed by atoms with Gasteiger partial charge in [-0.1, -0.05) is 0 Å². The van der Waals surface area contributed by atoms with E-state index in [1.165, 1.54) is 0 Å². The minimum atomic E-state index is 0.563. The van der Waals surface area contributed by atoms with Crippen LogP contribution >= 0.6 is 0 Å². The number of hydrogen-bond acceptors (Lipinski definition) is 3. The van der Waals surface area contributed by atoms with Gasteiger partial charge in [-0.2, -0.15) is 10.4 Å². The number of ether oxygens (including phenoxy) is 1. The average Bonchev–Trinajstić information content (AvgIpc) is 2.76. The highest BCUT2D eigenvalue weighted by atomic mass is 16.5. The van der Waals surface area contributed by atoms with Gasteiger partial charge >= 0.3 is 0 Å². The number of aromatic nitrogens is 2. The summed E-state index contributed by atoms with van der Waals surface area (Å²) in [5, 5.41) is 12.8. The van der Waals surface area contributed by atoms with Crippen molar-refractivity contribution in [3.8, 4) is 11.8 Å². The number of benzene rings is 1. The van der Waals surface area contributed by atoms with Crippen molar-refractivity contribution in [1.82, 2.24) is 9.78 Å². The standard InChI is InChI=1S/C13H13N3O/c1-11-9-15-16(10-11)6-7-17-13-4-2-12(8-14)3-5-13/h2-5,9-10H,6-7H2,1H3. The zero-order valence-corrected chi connectivity index (χ0v) is 9.63. The molecule has 0 bridgehead atoms. The van der Waals surface area contributed by atoms with Crippen molar-refractivity contribution in [2.45, 2.75) is 13.5 Å². The molecular formula is C13H13N3O. The Hall–Kier alpha value is -2.28. The summed E-state index contributed by atoms with van der Waals surface area (Å²) in [5.74, 6) is 0.771. The monoisotopic (exact) mass is 227 g/mol. The Bertz CT molecular complexity index is 522. The molecule has 0 radical (unpaired) electrons. The summed E-state index contributed by atoms with van der Waals surface area (Å²) in [6, 6.07) is 9.15. The maximum Gasteiger partial charge on any atom is 0.119 e. The van der Waals surface area contributed by atoms with Crippen molar-refractivity contribution in [2.24, 2.45) is 0 Å². The van der Waals surface area contributed by atoms with Crippen LogP contribution in [0, 0.1) is 18.3 Å². The van der Waals surface area contributed by atoms with Gasteiger partial charge in [0.15, 0.2) is 0 Å². The molecule has 0 aliphatic carbocycles. The number of nitriles is 1. The fraction of sp³-hybridized carbons (Fsp3) is 0.231. The predicted octanol–water partition coefficient (Wildman–Crippen LogP) is 2.14. The molecule has 0 amide bonds. The molecule has 0 aliphatic heterocycles. The highest BCUT2D eigenvalue weighted by Crippen LogP contribution is 2.11. The second-order valence-electron chi connectivity index (χ2n) is 3.77. The van der Waals surface area contributed by atoms with Crippen LogP contribution in [0.4, 0.5) is 0 Å². The molecule has 0 saturated carbocycles. The van der Waals surface area contributed by atoms with Crippen molar-refractivity contribution in [1.29, 1.82) is 5.26 Å². The van der Waals surface area contributed by atoms with Crippen LogP contribution in [-0.4, -0.2) is 16.4 Å². The minimum absolute atomic E-state index is 0.563. The van der Waals surface area contributed by atoms with Gasteiger partial charge in [-0.25, -0.2) is 0 Å². The first kappa shape index (κ1) is 11.2. The topological polar surface area (TPSA) is 50.8 Å². The van der Waals surface area contributed by atoms with Gasteiger partial charge in [0.05, 0.1) is 24.4 Å². The summed E-state index contributed by atoms with van der Waals surface area (Å²) in [6.07, 6.45) is 3.80. The molecule has 0 unspecified atom stereocenters. The Morgan fingerprint density at radius 2 is 2.12 bits per heavy atom. The zero-order chi connectivity index (χ0) is 12.1. The molecule has 0 N–H and O–H groups in total. The Balaban J connectivity index is 1.84. The molecule has 4 heteroatoms. The molecule has 0 atom stereocenters. The number of aryl methyl sites for hydroxylation is 1. The van der Waals surface area contributed by atoms with Crippen molar-refractivity contribution in [3.05, 3.63) is 47.8 Å². The van der Waals surface area contributed by atoms with E-state index in [9.17, 15) is 0 Å². The van der Waals surface area contributed by atoms with E-state index in [4.69, 9.17) is 10.00 Å². The van der Waals surface area contributed by atoms with Gasteiger partial charge in [0.2, 0.25) is 0 Å². The van der Waals surface area contributed by atoms with E-state index in [1.54, 1.807) is 24.3 Å². The van der Waals surface area contributed by atoms with Crippen LogP contribution in [0.1, 0.15) is 11.1 Å². The highest BCUT2D eigenvalue weighted by Gasteiger charge is 1.96. The first-order chi connectivity index (χ1) is 8.28. The van der Waals surface area contributed by atoms with Crippen LogP contribution in [0.5, 0.6) is 5.75 Å². The van der Waals surface area contributed by atoms with Crippen LogP contribution in [0.25, 0.3) is 0 Å². The molecule has 1 aromatic carbocycles. The largest absolute Gasteiger partial charge is 0.492 e. The van der Waals surface area contributed by atoms with Crippen LogP contribution in [-0.2, 0) is 6.54 Å². The number of nitrogens with zero attached hydrogens (tertiary/aromatic N) is 3. The fourth-order valence-corrected chi connectivity index (χ4v) is 1.47. The molecule has 0 spiro atoms. The Morgan fingerprint density at radius 3 is 2.71 bits per heavy atom. The lowest BCUT2D eigenvalue weighted by molar-refractivity contribution is 0.291. The lowest BCUT2D eigenvalue weighted by Gasteiger charge is -2.05. The molecule has 1 heterocycles. The Morgan fingerprint density at radius 1 is 1.35 bits per heavy atom. The fourth-order valence-electron chi connectivity index (χ4n) is 1.47. The second-order valence-corrected chi connectivity index (χ2v) is 3.77. The van der Waals surface area contributed by atoms with Gasteiger partial charge in [-0.15, -0.1) is 0 Å². The highest BCUT2D eigenvalue weighted by molar-refractivity contribution is 5.34. The van der Waals surface area contributed by atoms with Crippen molar-refractivity contribution in [3.63, 3.8) is 0 Å². The Kier molecular flexibility index (Phi) is 3.41. The molecule has 2 rings (SSSR count). The van der Waals surface area contributed by atoms with Gasteiger partial charge in [-0.3, -0.25) is 4.68 Å². The van der Waals surface area contributed by atoms with E-state index in [1.807, 2.05) is 24.0 Å². The summed E-state index contributed by atoms with van der Waals surface area (Å²) >= 11 is 0. The predicted molar refractivity (Wildman–Crippen MR) is 63.6 cm³/mol. The smallest absolute Gasteiger partial charge is 0.119 e. The van der Waals surface area contributed by atoms with Gasteiger partial charge in [-0.05, 0) is 36.8 Å². The average molecular weight is 227 g/mol. The van der Waals surface area contributed by atoms with Crippen molar-refractivity contribution < 1.29 is 4.74 Å². The lowest BCUT2D eigenvalue weighted by Crippen LogP contribution is -2.08. The van der Waals surface area contributed by atoms with E-state index in [0.717, 1.165) is 11.3 Å². The summed E-state index contributed by atoms with van der Waals surface area (Å²) in [5.41, 5.74) is 1.78. The molecule has 2 aromatic rings. The molecule has 17 heavy (non-hydrogen) atoms. The van der Waals surface area contributed by atoms with Gasteiger partial charge in [0, 0.05) is 6.20 Å². The van der Waals surface area contributed by atoms with Crippen molar-refractivity contribution >= 4 is 0 Å². The molecule has 1 aromatic heterocycles. The lowest BCUT2D eigenvalue weighted by atomic mass is 10.2. The maximum atomic E-state index is 8.65. The molecular weight excluding hydrogens is 214 g/mol. The van der Waals surface area contributed by atoms with E-state index in [-0.39, 0.29) is 0 Å². The summed E-state index contributed by atoms with van der Waals surface area (Å²) in [6.45, 7) is 3.28. The number of hydrogen-bond donors (Lipinski definition) is 0. The molecule has 0 fully saturated rings. The van der Waals surface area contributed by atoms with E-state index >= 15 is 0 Å². The van der Waals surface area contributed by atoms with Crippen LogP contribution in [0.2, 0.25) is 0 Å². The van der Waals surface area contributed by atoms with E-state index in [2.05, 4.69) is 11.2 Å². The van der Waals surface area contributed by atoms with Crippen LogP contribution < -0.4 is 4.74 Å². The van der Waals surface area contributed by atoms with E-state index in [0.29, 0.717) is 18.7 Å². The number of rotatable bonds is 4. The molecule has 86 valence electrons. The second kappa shape index (κ2) is 5.17. The minimum Gasteiger partial charge on any atom is -0.492 e.